The molecular weight excluding hydrogens is 451 g/mol. The highest BCUT2D eigenvalue weighted by Gasteiger charge is 2.45. The Kier molecular flexibility index (Phi) is 5.75. The van der Waals surface area contributed by atoms with Gasteiger partial charge in [0, 0.05) is 40.8 Å². The van der Waals surface area contributed by atoms with Crippen LogP contribution in [-0.4, -0.2) is 10.4 Å². The van der Waals surface area contributed by atoms with Gasteiger partial charge in [-0.25, -0.2) is 0 Å². The third-order valence-corrected chi connectivity index (χ3v) is 6.66. The topological polar surface area (TPSA) is 31.2 Å². The van der Waals surface area contributed by atoms with Crippen LogP contribution in [0.5, 0.6) is 0 Å². The summed E-state index contributed by atoms with van der Waals surface area (Å²) in [5, 5.41) is 1.02. The summed E-state index contributed by atoms with van der Waals surface area (Å²) in [6.07, 6.45) is 0.283. The highest BCUT2D eigenvalue weighted by atomic mass is 19.4. The van der Waals surface area contributed by atoms with Crippen LogP contribution in [0.1, 0.15) is 35.6 Å². The standard InChI is InChI=1S/C29H24F3NO2/c1-2-28(23-9-11-24(12-10-23)29(30,31)32)27(34)19-26(35-28)22-8-13-25-21(18-22)15-17-33(25)16-14-20-6-4-3-5-7-20/h3-13,15,17-19H,2,14,16H2,1H3. The highest BCUT2D eigenvalue weighted by molar-refractivity contribution is 6.06. The van der Waals surface area contributed by atoms with Gasteiger partial charge in [0.25, 0.3) is 0 Å². The third kappa shape index (κ3) is 4.25. The van der Waals surface area contributed by atoms with Crippen LogP contribution in [0.15, 0.2) is 91.1 Å². The minimum Gasteiger partial charge on any atom is -0.474 e. The Balaban J connectivity index is 1.38. The molecule has 5 rings (SSSR count). The Labute approximate surface area is 201 Å². The van der Waals surface area contributed by atoms with E-state index in [9.17, 15) is 18.0 Å². The molecule has 0 spiro atoms. The summed E-state index contributed by atoms with van der Waals surface area (Å²) in [6, 6.07) is 22.9. The van der Waals surface area contributed by atoms with Crippen molar-refractivity contribution in [2.45, 2.75) is 38.1 Å². The molecule has 3 aromatic carbocycles. The van der Waals surface area contributed by atoms with E-state index in [1.54, 1.807) is 6.92 Å². The van der Waals surface area contributed by atoms with Crippen molar-refractivity contribution < 1.29 is 22.7 Å². The summed E-state index contributed by atoms with van der Waals surface area (Å²) >= 11 is 0. The van der Waals surface area contributed by atoms with Crippen LogP contribution < -0.4 is 0 Å². The molecule has 1 unspecified atom stereocenters. The summed E-state index contributed by atoms with van der Waals surface area (Å²) in [5.74, 6) is 0.158. The lowest BCUT2D eigenvalue weighted by Crippen LogP contribution is -2.32. The van der Waals surface area contributed by atoms with Crippen LogP contribution in [0.3, 0.4) is 0 Å². The van der Waals surface area contributed by atoms with Crippen molar-refractivity contribution in [1.29, 1.82) is 0 Å². The van der Waals surface area contributed by atoms with Gasteiger partial charge in [-0.3, -0.25) is 4.79 Å². The number of hydrogen-bond donors (Lipinski definition) is 0. The van der Waals surface area contributed by atoms with Gasteiger partial charge in [-0.2, -0.15) is 13.2 Å². The van der Waals surface area contributed by atoms with Gasteiger partial charge in [0.2, 0.25) is 5.78 Å². The first-order valence-corrected chi connectivity index (χ1v) is 11.6. The molecule has 4 aromatic rings. The van der Waals surface area contributed by atoms with E-state index in [0.29, 0.717) is 17.7 Å². The lowest BCUT2D eigenvalue weighted by Gasteiger charge is -2.28. The number of ether oxygens (including phenoxy) is 1. The van der Waals surface area contributed by atoms with Gasteiger partial charge in [0.15, 0.2) is 5.60 Å². The second-order valence-corrected chi connectivity index (χ2v) is 8.75. The lowest BCUT2D eigenvalue weighted by molar-refractivity contribution is -0.137. The molecule has 1 aromatic heterocycles. The number of fused-ring (bicyclic) bond motifs is 1. The van der Waals surface area contributed by atoms with Crippen LogP contribution in [0.4, 0.5) is 13.2 Å². The fourth-order valence-corrected chi connectivity index (χ4v) is 4.67. The van der Waals surface area contributed by atoms with Gasteiger partial charge in [0.05, 0.1) is 5.56 Å². The molecule has 3 nitrogen and oxygen atoms in total. The van der Waals surface area contributed by atoms with Gasteiger partial charge in [-0.05, 0) is 54.8 Å². The predicted molar refractivity (Wildman–Crippen MR) is 130 cm³/mol. The number of halogens is 3. The van der Waals surface area contributed by atoms with E-state index >= 15 is 0 Å². The van der Waals surface area contributed by atoms with Crippen LogP contribution in [-0.2, 0) is 34.3 Å². The largest absolute Gasteiger partial charge is 0.474 e. The summed E-state index contributed by atoms with van der Waals surface area (Å²) in [5.41, 5.74) is 1.45. The van der Waals surface area contributed by atoms with Crippen LogP contribution in [0, 0.1) is 0 Å². The van der Waals surface area contributed by atoms with Crippen molar-refractivity contribution in [3.05, 3.63) is 113 Å². The molecule has 178 valence electrons. The number of aryl methyl sites for hydroxylation is 2. The zero-order valence-corrected chi connectivity index (χ0v) is 19.2. The van der Waals surface area contributed by atoms with Crippen molar-refractivity contribution in [2.24, 2.45) is 0 Å². The van der Waals surface area contributed by atoms with E-state index in [2.05, 4.69) is 16.7 Å². The van der Waals surface area contributed by atoms with Crippen molar-refractivity contribution in [1.82, 2.24) is 4.57 Å². The molecule has 0 amide bonds. The van der Waals surface area contributed by atoms with E-state index < -0.39 is 17.3 Å². The van der Waals surface area contributed by atoms with E-state index in [0.717, 1.165) is 41.6 Å². The first kappa shape index (κ1) is 23.0. The number of aromatic nitrogens is 1. The average Bonchev–Trinajstić information content (AvgIpc) is 3.43. The predicted octanol–water partition coefficient (Wildman–Crippen LogP) is 7.15. The SMILES string of the molecule is CCC1(c2ccc(C(F)(F)F)cc2)OC(c2ccc3c(ccn3CCc3ccccc3)c2)=CC1=O. The first-order chi connectivity index (χ1) is 16.8. The zero-order chi connectivity index (χ0) is 24.6. The molecule has 1 aliphatic heterocycles. The summed E-state index contributed by atoms with van der Waals surface area (Å²) in [7, 11) is 0. The number of nitrogens with zero attached hydrogens (tertiary/aromatic N) is 1. The highest BCUT2D eigenvalue weighted by Crippen LogP contribution is 2.42. The van der Waals surface area contributed by atoms with Crippen molar-refractivity contribution in [2.75, 3.05) is 0 Å². The lowest BCUT2D eigenvalue weighted by atomic mass is 9.87. The number of hydrogen-bond acceptors (Lipinski definition) is 2. The second-order valence-electron chi connectivity index (χ2n) is 8.75. The van der Waals surface area contributed by atoms with Crippen molar-refractivity contribution in [3.8, 4) is 0 Å². The monoisotopic (exact) mass is 475 g/mol. The maximum absolute atomic E-state index is 13.1. The first-order valence-electron chi connectivity index (χ1n) is 11.6. The Hall–Kier alpha value is -3.80. The zero-order valence-electron chi connectivity index (χ0n) is 19.2. The molecule has 1 atom stereocenters. The van der Waals surface area contributed by atoms with Crippen LogP contribution in [0.25, 0.3) is 16.7 Å². The van der Waals surface area contributed by atoms with E-state index in [-0.39, 0.29) is 5.78 Å². The number of rotatable bonds is 6. The molecule has 0 aliphatic carbocycles. The average molecular weight is 476 g/mol. The molecule has 0 bridgehead atoms. The number of ketones is 1. The van der Waals surface area contributed by atoms with Crippen molar-refractivity contribution >= 4 is 22.4 Å². The number of carbonyl (C=O) groups is 1. The molecule has 0 fully saturated rings. The second kappa shape index (κ2) is 8.77. The molecular formula is C29H24F3NO2. The summed E-state index contributed by atoms with van der Waals surface area (Å²) in [4.78, 5) is 13.1. The summed E-state index contributed by atoms with van der Waals surface area (Å²) in [6.45, 7) is 2.64. The minimum absolute atomic E-state index is 0.268. The normalized spacial score (nSPS) is 18.1. The smallest absolute Gasteiger partial charge is 0.416 e. The van der Waals surface area contributed by atoms with Crippen LogP contribution >= 0.6 is 0 Å². The molecule has 0 saturated heterocycles. The van der Waals surface area contributed by atoms with Gasteiger partial charge in [0.1, 0.15) is 5.76 Å². The Bertz CT molecular complexity index is 1400. The molecule has 0 radical (unpaired) electrons. The fourth-order valence-electron chi connectivity index (χ4n) is 4.67. The van der Waals surface area contributed by atoms with Gasteiger partial charge >= 0.3 is 6.18 Å². The van der Waals surface area contributed by atoms with E-state index in [4.69, 9.17) is 4.74 Å². The fraction of sp³-hybridized carbons (Fsp3) is 0.207. The van der Waals surface area contributed by atoms with Crippen molar-refractivity contribution in [3.63, 3.8) is 0 Å². The number of carbonyl (C=O) groups excluding carboxylic acids is 1. The molecule has 2 heterocycles. The minimum atomic E-state index is -4.44. The van der Waals surface area contributed by atoms with Gasteiger partial charge < -0.3 is 9.30 Å². The molecule has 0 saturated carbocycles. The quantitative estimate of drug-likeness (QED) is 0.297. The van der Waals surface area contributed by atoms with E-state index in [1.807, 2.05) is 48.7 Å². The molecule has 0 N–H and O–H groups in total. The summed E-state index contributed by atoms with van der Waals surface area (Å²) < 4.78 is 47.4. The Morgan fingerprint density at radius 1 is 0.943 bits per heavy atom. The molecule has 35 heavy (non-hydrogen) atoms. The maximum atomic E-state index is 13.1. The third-order valence-electron chi connectivity index (χ3n) is 6.66. The van der Waals surface area contributed by atoms with E-state index in [1.165, 1.54) is 23.8 Å². The number of alkyl halides is 3. The Morgan fingerprint density at radius 3 is 2.37 bits per heavy atom. The van der Waals surface area contributed by atoms with Gasteiger partial charge in [-0.15, -0.1) is 0 Å². The molecule has 6 heteroatoms. The Morgan fingerprint density at radius 2 is 1.69 bits per heavy atom. The number of benzene rings is 3. The maximum Gasteiger partial charge on any atom is 0.416 e. The molecule has 1 aliphatic rings. The van der Waals surface area contributed by atoms with Gasteiger partial charge in [-0.1, -0.05) is 49.4 Å². The van der Waals surface area contributed by atoms with Crippen LogP contribution in [0.2, 0.25) is 0 Å².